The molecule has 0 aromatic carbocycles. The third-order valence-electron chi connectivity index (χ3n) is 2.22. The monoisotopic (exact) mass is 234 g/mol. The fraction of sp³-hybridized carbons (Fsp3) is 0.100. The number of fused-ring (bicyclic) bond motifs is 1. The summed E-state index contributed by atoms with van der Waals surface area (Å²) in [5.74, 6) is 1.35. The van der Waals surface area contributed by atoms with Crippen LogP contribution in [0.5, 0.6) is 0 Å². The normalized spacial score (nSPS) is 11.1. The summed E-state index contributed by atoms with van der Waals surface area (Å²) in [6.07, 6.45) is 1.75. The van der Waals surface area contributed by atoms with Gasteiger partial charge in [-0.1, -0.05) is 16.8 Å². The third-order valence-corrected chi connectivity index (χ3v) is 2.45. The van der Waals surface area contributed by atoms with Crippen molar-refractivity contribution >= 4 is 17.2 Å². The standard InChI is InChI=1S/C10H7ClN4O/c1-6-4-8(14-16-6)10-13-12-9-3-2-7(11)5-15(9)10/h2-5H,1H3. The lowest BCUT2D eigenvalue weighted by Gasteiger charge is -1.95. The van der Waals surface area contributed by atoms with Crippen molar-refractivity contribution in [3.05, 3.63) is 35.2 Å². The Hall–Kier alpha value is -1.88. The topological polar surface area (TPSA) is 56.2 Å². The fourth-order valence-corrected chi connectivity index (χ4v) is 1.67. The number of hydrogen-bond donors (Lipinski definition) is 0. The molecule has 80 valence electrons. The maximum absolute atomic E-state index is 5.92. The summed E-state index contributed by atoms with van der Waals surface area (Å²) in [6, 6.07) is 5.37. The maximum atomic E-state index is 5.92. The summed E-state index contributed by atoms with van der Waals surface area (Å²) in [6.45, 7) is 1.83. The molecule has 0 saturated carbocycles. The van der Waals surface area contributed by atoms with E-state index in [1.54, 1.807) is 28.8 Å². The van der Waals surface area contributed by atoms with Gasteiger partial charge in [-0.2, -0.15) is 0 Å². The van der Waals surface area contributed by atoms with Crippen molar-refractivity contribution in [2.75, 3.05) is 0 Å². The van der Waals surface area contributed by atoms with Gasteiger partial charge in [-0.05, 0) is 19.1 Å². The molecule has 0 atom stereocenters. The van der Waals surface area contributed by atoms with E-state index in [2.05, 4.69) is 15.4 Å². The first-order valence-corrected chi connectivity index (χ1v) is 5.06. The van der Waals surface area contributed by atoms with Crippen LogP contribution in [0.2, 0.25) is 5.02 Å². The van der Waals surface area contributed by atoms with Gasteiger partial charge in [0.2, 0.25) is 0 Å². The average molecular weight is 235 g/mol. The Morgan fingerprint density at radius 2 is 2.19 bits per heavy atom. The molecule has 3 aromatic heterocycles. The second kappa shape index (κ2) is 3.31. The van der Waals surface area contributed by atoms with E-state index in [0.717, 1.165) is 11.4 Å². The third kappa shape index (κ3) is 1.37. The largest absolute Gasteiger partial charge is 0.361 e. The van der Waals surface area contributed by atoms with E-state index in [9.17, 15) is 0 Å². The summed E-state index contributed by atoms with van der Waals surface area (Å²) < 4.78 is 6.78. The molecule has 0 aliphatic carbocycles. The molecule has 0 N–H and O–H groups in total. The van der Waals surface area contributed by atoms with Crippen LogP contribution in [0.4, 0.5) is 0 Å². The zero-order valence-corrected chi connectivity index (χ0v) is 9.14. The van der Waals surface area contributed by atoms with Gasteiger partial charge in [-0.3, -0.25) is 4.40 Å². The quantitative estimate of drug-likeness (QED) is 0.649. The Labute approximate surface area is 95.6 Å². The molecule has 3 rings (SSSR count). The van der Waals surface area contributed by atoms with Gasteiger partial charge in [0.25, 0.3) is 0 Å². The predicted molar refractivity (Wildman–Crippen MR) is 58.2 cm³/mol. The zero-order valence-electron chi connectivity index (χ0n) is 8.38. The van der Waals surface area contributed by atoms with E-state index in [1.807, 2.05) is 6.92 Å². The first kappa shape index (κ1) is 9.35. The fourth-order valence-electron chi connectivity index (χ4n) is 1.51. The average Bonchev–Trinajstić information content (AvgIpc) is 2.83. The lowest BCUT2D eigenvalue weighted by Crippen LogP contribution is -1.88. The van der Waals surface area contributed by atoms with E-state index < -0.39 is 0 Å². The highest BCUT2D eigenvalue weighted by molar-refractivity contribution is 6.30. The Kier molecular flexibility index (Phi) is 1.94. The molecule has 0 aliphatic heterocycles. The van der Waals surface area contributed by atoms with Gasteiger partial charge in [0, 0.05) is 12.3 Å². The zero-order chi connectivity index (χ0) is 11.1. The van der Waals surface area contributed by atoms with Gasteiger partial charge in [0.15, 0.2) is 17.2 Å². The van der Waals surface area contributed by atoms with Crippen molar-refractivity contribution < 1.29 is 4.52 Å². The molecule has 5 nitrogen and oxygen atoms in total. The van der Waals surface area contributed by atoms with E-state index in [0.29, 0.717) is 16.5 Å². The molecule has 16 heavy (non-hydrogen) atoms. The van der Waals surface area contributed by atoms with Gasteiger partial charge in [-0.25, -0.2) is 0 Å². The summed E-state index contributed by atoms with van der Waals surface area (Å²) in [7, 11) is 0. The smallest absolute Gasteiger partial charge is 0.190 e. The SMILES string of the molecule is Cc1cc(-c2nnc3ccc(Cl)cn23)no1. The van der Waals surface area contributed by atoms with Gasteiger partial charge in [-0.15, -0.1) is 10.2 Å². The van der Waals surface area contributed by atoms with Crippen molar-refractivity contribution in [2.24, 2.45) is 0 Å². The second-order valence-corrected chi connectivity index (χ2v) is 3.86. The Balaban J connectivity index is 2.27. The number of aryl methyl sites for hydroxylation is 1. The predicted octanol–water partition coefficient (Wildman–Crippen LogP) is 2.35. The van der Waals surface area contributed by atoms with Crippen molar-refractivity contribution in [1.82, 2.24) is 19.8 Å². The van der Waals surface area contributed by atoms with Crippen LogP contribution in [0.1, 0.15) is 5.76 Å². The molecular weight excluding hydrogens is 228 g/mol. The lowest BCUT2D eigenvalue weighted by molar-refractivity contribution is 0.399. The molecular formula is C10H7ClN4O. The van der Waals surface area contributed by atoms with Crippen LogP contribution in [0, 0.1) is 6.92 Å². The molecule has 0 unspecified atom stereocenters. The van der Waals surface area contributed by atoms with E-state index >= 15 is 0 Å². The minimum Gasteiger partial charge on any atom is -0.361 e. The van der Waals surface area contributed by atoms with E-state index in [4.69, 9.17) is 16.1 Å². The van der Waals surface area contributed by atoms with Crippen LogP contribution >= 0.6 is 11.6 Å². The number of rotatable bonds is 1. The molecule has 6 heteroatoms. The van der Waals surface area contributed by atoms with Crippen LogP contribution in [0.25, 0.3) is 17.2 Å². The molecule has 0 radical (unpaired) electrons. The summed E-state index contributed by atoms with van der Waals surface area (Å²) in [5.41, 5.74) is 1.37. The van der Waals surface area contributed by atoms with E-state index in [1.165, 1.54) is 0 Å². The molecule has 0 saturated heterocycles. The highest BCUT2D eigenvalue weighted by atomic mass is 35.5. The van der Waals surface area contributed by atoms with Gasteiger partial charge >= 0.3 is 0 Å². The number of nitrogens with zero attached hydrogens (tertiary/aromatic N) is 4. The molecule has 0 amide bonds. The van der Waals surface area contributed by atoms with E-state index in [-0.39, 0.29) is 0 Å². The number of aromatic nitrogens is 4. The molecule has 3 aromatic rings. The minimum absolute atomic E-state index is 0.619. The maximum Gasteiger partial charge on any atom is 0.190 e. The first-order chi connectivity index (χ1) is 7.74. The summed E-state index contributed by atoms with van der Waals surface area (Å²) >= 11 is 5.92. The number of halogens is 1. The van der Waals surface area contributed by atoms with Gasteiger partial charge in [0.1, 0.15) is 5.76 Å². The molecule has 0 aliphatic rings. The van der Waals surface area contributed by atoms with Crippen molar-refractivity contribution in [2.45, 2.75) is 6.92 Å². The Morgan fingerprint density at radius 1 is 1.31 bits per heavy atom. The van der Waals surface area contributed by atoms with Crippen molar-refractivity contribution in [1.29, 1.82) is 0 Å². The number of hydrogen-bond acceptors (Lipinski definition) is 4. The van der Waals surface area contributed by atoms with Crippen LogP contribution in [-0.2, 0) is 0 Å². The van der Waals surface area contributed by atoms with Gasteiger partial charge < -0.3 is 4.52 Å². The minimum atomic E-state index is 0.619. The first-order valence-electron chi connectivity index (χ1n) is 4.68. The van der Waals surface area contributed by atoms with Crippen LogP contribution in [0.15, 0.2) is 28.9 Å². The highest BCUT2D eigenvalue weighted by Crippen LogP contribution is 2.19. The summed E-state index contributed by atoms with van der Waals surface area (Å²) in [5, 5.41) is 12.6. The van der Waals surface area contributed by atoms with Crippen LogP contribution in [0.3, 0.4) is 0 Å². The lowest BCUT2D eigenvalue weighted by atomic mass is 10.3. The molecule has 3 heterocycles. The van der Waals surface area contributed by atoms with Crippen LogP contribution < -0.4 is 0 Å². The highest BCUT2D eigenvalue weighted by Gasteiger charge is 2.11. The van der Waals surface area contributed by atoms with Crippen LogP contribution in [-0.4, -0.2) is 19.8 Å². The second-order valence-electron chi connectivity index (χ2n) is 3.42. The molecule has 0 spiro atoms. The number of pyridine rings is 1. The van der Waals surface area contributed by atoms with Crippen molar-refractivity contribution in [3.8, 4) is 11.5 Å². The molecule has 0 bridgehead atoms. The Morgan fingerprint density at radius 3 is 2.94 bits per heavy atom. The Bertz CT molecular complexity index is 658. The molecule has 0 fully saturated rings. The summed E-state index contributed by atoms with van der Waals surface area (Å²) in [4.78, 5) is 0. The van der Waals surface area contributed by atoms with Crippen molar-refractivity contribution in [3.63, 3.8) is 0 Å². The van der Waals surface area contributed by atoms with Gasteiger partial charge in [0.05, 0.1) is 5.02 Å².